The SMILES string of the molecule is CC(NC(=O)COc1ccc2ccccc2c1)c1nc2ccccc2[nH]1. The van der Waals surface area contributed by atoms with Crippen LogP contribution in [0.3, 0.4) is 0 Å². The van der Waals surface area contributed by atoms with Gasteiger partial charge in [0.05, 0.1) is 17.1 Å². The maximum atomic E-state index is 12.2. The molecule has 4 rings (SSSR count). The predicted octanol–water partition coefficient (Wildman–Crippen LogP) is 3.97. The molecule has 0 bridgehead atoms. The topological polar surface area (TPSA) is 67.0 Å². The van der Waals surface area contributed by atoms with Gasteiger partial charge in [0, 0.05) is 0 Å². The van der Waals surface area contributed by atoms with Gasteiger partial charge < -0.3 is 15.0 Å². The summed E-state index contributed by atoms with van der Waals surface area (Å²) in [7, 11) is 0. The Labute approximate surface area is 151 Å². The molecule has 5 nitrogen and oxygen atoms in total. The molecule has 26 heavy (non-hydrogen) atoms. The van der Waals surface area contributed by atoms with E-state index < -0.39 is 0 Å². The molecular weight excluding hydrogens is 326 g/mol. The second-order valence-electron chi connectivity index (χ2n) is 6.23. The van der Waals surface area contributed by atoms with Crippen molar-refractivity contribution in [2.45, 2.75) is 13.0 Å². The highest BCUT2D eigenvalue weighted by molar-refractivity contribution is 5.84. The zero-order valence-corrected chi connectivity index (χ0v) is 14.4. The molecule has 5 heteroatoms. The number of aromatic amines is 1. The minimum absolute atomic E-state index is 0.0388. The number of fused-ring (bicyclic) bond motifs is 2. The highest BCUT2D eigenvalue weighted by Crippen LogP contribution is 2.20. The number of aromatic nitrogens is 2. The smallest absolute Gasteiger partial charge is 0.258 e. The van der Waals surface area contributed by atoms with E-state index in [1.165, 1.54) is 0 Å². The highest BCUT2D eigenvalue weighted by Gasteiger charge is 2.14. The quantitative estimate of drug-likeness (QED) is 0.575. The summed E-state index contributed by atoms with van der Waals surface area (Å²) in [5.74, 6) is 1.21. The molecule has 0 aliphatic rings. The molecule has 0 saturated carbocycles. The number of hydrogen-bond donors (Lipinski definition) is 2. The number of nitrogens with one attached hydrogen (secondary N) is 2. The second kappa shape index (κ2) is 6.88. The number of para-hydroxylation sites is 2. The van der Waals surface area contributed by atoms with Gasteiger partial charge in [0.2, 0.25) is 0 Å². The van der Waals surface area contributed by atoms with Crippen LogP contribution in [0.4, 0.5) is 0 Å². The van der Waals surface area contributed by atoms with Gasteiger partial charge >= 0.3 is 0 Å². The van der Waals surface area contributed by atoms with E-state index in [0.29, 0.717) is 5.75 Å². The Bertz CT molecular complexity index is 1040. The van der Waals surface area contributed by atoms with Crippen molar-refractivity contribution in [3.8, 4) is 5.75 Å². The van der Waals surface area contributed by atoms with Gasteiger partial charge in [0.15, 0.2) is 6.61 Å². The highest BCUT2D eigenvalue weighted by atomic mass is 16.5. The molecule has 1 aromatic heterocycles. The van der Waals surface area contributed by atoms with Crippen molar-refractivity contribution in [1.82, 2.24) is 15.3 Å². The van der Waals surface area contributed by atoms with Crippen molar-refractivity contribution in [3.63, 3.8) is 0 Å². The van der Waals surface area contributed by atoms with Crippen molar-refractivity contribution in [2.24, 2.45) is 0 Å². The third kappa shape index (κ3) is 3.37. The normalized spacial score (nSPS) is 12.2. The van der Waals surface area contributed by atoms with E-state index in [-0.39, 0.29) is 18.6 Å². The maximum Gasteiger partial charge on any atom is 0.258 e. The summed E-state index contributed by atoms with van der Waals surface area (Å²) >= 11 is 0. The van der Waals surface area contributed by atoms with Crippen LogP contribution < -0.4 is 10.1 Å². The summed E-state index contributed by atoms with van der Waals surface area (Å²) in [6.45, 7) is 1.86. The van der Waals surface area contributed by atoms with Crippen LogP contribution in [0, 0.1) is 0 Å². The summed E-state index contributed by atoms with van der Waals surface area (Å²) in [6.07, 6.45) is 0. The van der Waals surface area contributed by atoms with E-state index in [9.17, 15) is 4.79 Å². The first kappa shape index (κ1) is 16.1. The van der Waals surface area contributed by atoms with Gasteiger partial charge in [-0.15, -0.1) is 0 Å². The van der Waals surface area contributed by atoms with Crippen molar-refractivity contribution in [1.29, 1.82) is 0 Å². The molecule has 0 spiro atoms. The lowest BCUT2D eigenvalue weighted by atomic mass is 10.1. The minimum Gasteiger partial charge on any atom is -0.484 e. The van der Waals surface area contributed by atoms with E-state index in [1.54, 1.807) is 0 Å². The fourth-order valence-electron chi connectivity index (χ4n) is 2.94. The van der Waals surface area contributed by atoms with Gasteiger partial charge in [-0.3, -0.25) is 4.79 Å². The third-order valence-corrected chi connectivity index (χ3v) is 4.29. The molecule has 0 aliphatic heterocycles. The Morgan fingerprint density at radius 3 is 2.69 bits per heavy atom. The lowest BCUT2D eigenvalue weighted by molar-refractivity contribution is -0.123. The van der Waals surface area contributed by atoms with Gasteiger partial charge in [-0.1, -0.05) is 42.5 Å². The first-order valence-corrected chi connectivity index (χ1v) is 8.55. The van der Waals surface area contributed by atoms with Crippen LogP contribution >= 0.6 is 0 Å². The summed E-state index contributed by atoms with van der Waals surface area (Å²) in [6, 6.07) is 21.4. The zero-order chi connectivity index (χ0) is 17.9. The second-order valence-corrected chi connectivity index (χ2v) is 6.23. The number of hydrogen-bond acceptors (Lipinski definition) is 3. The van der Waals surface area contributed by atoms with Crippen LogP contribution in [0.5, 0.6) is 5.75 Å². The van der Waals surface area contributed by atoms with Gasteiger partial charge in [0.1, 0.15) is 11.6 Å². The fraction of sp³-hybridized carbons (Fsp3) is 0.143. The Morgan fingerprint density at radius 2 is 1.85 bits per heavy atom. The summed E-state index contributed by atoms with van der Waals surface area (Å²) < 4.78 is 5.63. The van der Waals surface area contributed by atoms with Crippen LogP contribution in [0.15, 0.2) is 66.7 Å². The number of amides is 1. The van der Waals surface area contributed by atoms with Crippen LogP contribution in [0.2, 0.25) is 0 Å². The Kier molecular flexibility index (Phi) is 4.27. The average molecular weight is 345 g/mol. The van der Waals surface area contributed by atoms with Crippen molar-refractivity contribution < 1.29 is 9.53 Å². The molecule has 1 atom stereocenters. The molecule has 2 N–H and O–H groups in total. The standard InChI is InChI=1S/C21H19N3O2/c1-14(21-23-18-8-4-5-9-19(18)24-21)22-20(25)13-26-17-11-10-15-6-2-3-7-16(15)12-17/h2-12,14H,13H2,1H3,(H,22,25)(H,23,24). The number of ether oxygens (including phenoxy) is 1. The predicted molar refractivity (Wildman–Crippen MR) is 102 cm³/mol. The van der Waals surface area contributed by atoms with E-state index >= 15 is 0 Å². The van der Waals surface area contributed by atoms with E-state index in [2.05, 4.69) is 15.3 Å². The van der Waals surface area contributed by atoms with Crippen molar-refractivity contribution >= 4 is 27.7 Å². The molecule has 1 amide bonds. The molecule has 1 heterocycles. The molecule has 4 aromatic rings. The number of rotatable bonds is 5. The van der Waals surface area contributed by atoms with Gasteiger partial charge in [-0.25, -0.2) is 4.98 Å². The van der Waals surface area contributed by atoms with Crippen molar-refractivity contribution in [2.75, 3.05) is 6.61 Å². The molecule has 130 valence electrons. The van der Waals surface area contributed by atoms with E-state index in [1.807, 2.05) is 73.7 Å². The number of carbonyl (C=O) groups is 1. The van der Waals surface area contributed by atoms with Crippen LogP contribution in [-0.2, 0) is 4.79 Å². The molecule has 3 aromatic carbocycles. The zero-order valence-electron chi connectivity index (χ0n) is 14.4. The monoisotopic (exact) mass is 345 g/mol. The average Bonchev–Trinajstić information content (AvgIpc) is 3.10. The van der Waals surface area contributed by atoms with Crippen LogP contribution in [0.1, 0.15) is 18.8 Å². The molecule has 0 fully saturated rings. The number of benzene rings is 3. The largest absolute Gasteiger partial charge is 0.484 e. The molecule has 0 saturated heterocycles. The number of imidazole rings is 1. The first-order valence-electron chi connectivity index (χ1n) is 8.55. The van der Waals surface area contributed by atoms with Crippen LogP contribution in [0.25, 0.3) is 21.8 Å². The molecular formula is C21H19N3O2. The molecule has 0 radical (unpaired) electrons. The number of carbonyl (C=O) groups excluding carboxylic acids is 1. The third-order valence-electron chi connectivity index (χ3n) is 4.29. The van der Waals surface area contributed by atoms with E-state index in [0.717, 1.165) is 27.6 Å². The number of H-pyrrole nitrogens is 1. The Morgan fingerprint density at radius 1 is 1.08 bits per heavy atom. The Hall–Kier alpha value is -3.34. The maximum absolute atomic E-state index is 12.2. The minimum atomic E-state index is -0.227. The van der Waals surface area contributed by atoms with E-state index in [4.69, 9.17) is 4.74 Å². The molecule has 0 aliphatic carbocycles. The fourth-order valence-corrected chi connectivity index (χ4v) is 2.94. The summed E-state index contributed by atoms with van der Waals surface area (Å²) in [4.78, 5) is 19.9. The van der Waals surface area contributed by atoms with Gasteiger partial charge in [-0.2, -0.15) is 0 Å². The van der Waals surface area contributed by atoms with Crippen molar-refractivity contribution in [3.05, 3.63) is 72.6 Å². The first-order chi connectivity index (χ1) is 12.7. The summed E-state index contributed by atoms with van der Waals surface area (Å²) in [5.41, 5.74) is 1.84. The van der Waals surface area contributed by atoms with Crippen LogP contribution in [-0.4, -0.2) is 22.5 Å². The lowest BCUT2D eigenvalue weighted by Crippen LogP contribution is -2.31. The number of nitrogens with zero attached hydrogens (tertiary/aromatic N) is 1. The van der Waals surface area contributed by atoms with Gasteiger partial charge in [-0.05, 0) is 42.0 Å². The van der Waals surface area contributed by atoms with Gasteiger partial charge in [0.25, 0.3) is 5.91 Å². The Balaban J connectivity index is 1.38. The molecule has 1 unspecified atom stereocenters. The lowest BCUT2D eigenvalue weighted by Gasteiger charge is -2.12. The summed E-state index contributed by atoms with van der Waals surface area (Å²) in [5, 5.41) is 5.13.